The fourth-order valence-electron chi connectivity index (χ4n) is 2.15. The van der Waals surface area contributed by atoms with Crippen LogP contribution in [0.3, 0.4) is 0 Å². The summed E-state index contributed by atoms with van der Waals surface area (Å²) in [5.41, 5.74) is 1.14. The number of furan rings is 1. The van der Waals surface area contributed by atoms with Crippen LogP contribution < -0.4 is 5.32 Å². The molecule has 2 heterocycles. The van der Waals surface area contributed by atoms with Gasteiger partial charge < -0.3 is 9.73 Å². The first kappa shape index (κ1) is 14.5. The molecule has 19 heavy (non-hydrogen) atoms. The topological polar surface area (TPSA) is 65.8 Å². The number of hydrogen-bond donors (Lipinski definition) is 1. The van der Waals surface area contributed by atoms with Crippen LogP contribution in [0.5, 0.6) is 0 Å². The second-order valence-corrected chi connectivity index (χ2v) is 6.79. The molecule has 0 saturated carbocycles. The zero-order valence-electron chi connectivity index (χ0n) is 11.2. The smallest absolute Gasteiger partial charge is 0.211 e. The number of piperazine rings is 1. The van der Waals surface area contributed by atoms with Crippen molar-refractivity contribution >= 4 is 10.0 Å². The van der Waals surface area contributed by atoms with Crippen molar-refractivity contribution in [3.05, 3.63) is 24.2 Å². The van der Waals surface area contributed by atoms with Gasteiger partial charge in [-0.2, -0.15) is 4.31 Å². The summed E-state index contributed by atoms with van der Waals surface area (Å²) >= 11 is 0. The molecule has 0 aromatic carbocycles. The molecule has 0 bridgehead atoms. The lowest BCUT2D eigenvalue weighted by Crippen LogP contribution is -2.49. The summed E-state index contributed by atoms with van der Waals surface area (Å²) in [5.74, 6) is 0. The van der Waals surface area contributed by atoms with Gasteiger partial charge in [0, 0.05) is 51.4 Å². The predicted molar refractivity (Wildman–Crippen MR) is 73.3 cm³/mol. The van der Waals surface area contributed by atoms with Crippen LogP contribution in [0.4, 0.5) is 0 Å². The molecule has 0 aliphatic carbocycles. The SMILES string of the molecule is CS(=O)(=O)N1CCN(CCNCc2ccoc2)CC1. The van der Waals surface area contributed by atoms with E-state index >= 15 is 0 Å². The van der Waals surface area contributed by atoms with Gasteiger partial charge >= 0.3 is 0 Å². The maximum Gasteiger partial charge on any atom is 0.211 e. The molecule has 1 aromatic rings. The summed E-state index contributed by atoms with van der Waals surface area (Å²) in [4.78, 5) is 2.28. The van der Waals surface area contributed by atoms with Gasteiger partial charge in [-0.15, -0.1) is 0 Å². The monoisotopic (exact) mass is 287 g/mol. The van der Waals surface area contributed by atoms with Gasteiger partial charge in [-0.3, -0.25) is 4.90 Å². The van der Waals surface area contributed by atoms with Crippen molar-refractivity contribution in [1.82, 2.24) is 14.5 Å². The highest BCUT2D eigenvalue weighted by Crippen LogP contribution is 2.05. The molecule has 7 heteroatoms. The molecule has 0 atom stereocenters. The van der Waals surface area contributed by atoms with Crippen molar-refractivity contribution in [2.24, 2.45) is 0 Å². The van der Waals surface area contributed by atoms with E-state index in [0.717, 1.165) is 38.3 Å². The predicted octanol–water partition coefficient (Wildman–Crippen LogP) is -0.0536. The van der Waals surface area contributed by atoms with Crippen LogP contribution >= 0.6 is 0 Å². The van der Waals surface area contributed by atoms with E-state index in [1.54, 1.807) is 16.8 Å². The van der Waals surface area contributed by atoms with Crippen LogP contribution in [0.2, 0.25) is 0 Å². The van der Waals surface area contributed by atoms with Gasteiger partial charge in [-0.25, -0.2) is 8.42 Å². The van der Waals surface area contributed by atoms with Crippen molar-refractivity contribution in [3.63, 3.8) is 0 Å². The molecule has 0 spiro atoms. The van der Waals surface area contributed by atoms with Gasteiger partial charge in [0.05, 0.1) is 18.8 Å². The third-order valence-corrected chi connectivity index (χ3v) is 4.62. The lowest BCUT2D eigenvalue weighted by molar-refractivity contribution is 0.189. The van der Waals surface area contributed by atoms with Crippen LogP contribution in [0, 0.1) is 0 Å². The first-order chi connectivity index (χ1) is 9.05. The van der Waals surface area contributed by atoms with E-state index in [4.69, 9.17) is 4.42 Å². The third-order valence-electron chi connectivity index (χ3n) is 3.31. The van der Waals surface area contributed by atoms with Gasteiger partial charge in [0.2, 0.25) is 10.0 Å². The molecule has 6 nitrogen and oxygen atoms in total. The quantitative estimate of drug-likeness (QED) is 0.743. The Morgan fingerprint density at radius 2 is 2.05 bits per heavy atom. The largest absolute Gasteiger partial charge is 0.472 e. The zero-order chi connectivity index (χ0) is 13.7. The fraction of sp³-hybridized carbons (Fsp3) is 0.667. The first-order valence-electron chi connectivity index (χ1n) is 6.45. The van der Waals surface area contributed by atoms with Gasteiger partial charge in [0.25, 0.3) is 0 Å². The molecule has 0 amide bonds. The first-order valence-corrected chi connectivity index (χ1v) is 8.30. The zero-order valence-corrected chi connectivity index (χ0v) is 12.0. The summed E-state index contributed by atoms with van der Waals surface area (Å²) in [5, 5.41) is 3.34. The molecule has 0 unspecified atom stereocenters. The van der Waals surface area contributed by atoms with Crippen molar-refractivity contribution in [2.45, 2.75) is 6.54 Å². The number of nitrogens with one attached hydrogen (secondary N) is 1. The van der Waals surface area contributed by atoms with Gasteiger partial charge in [-0.05, 0) is 6.07 Å². The van der Waals surface area contributed by atoms with Crippen LogP contribution in [-0.2, 0) is 16.6 Å². The van der Waals surface area contributed by atoms with E-state index < -0.39 is 10.0 Å². The highest BCUT2D eigenvalue weighted by molar-refractivity contribution is 7.88. The lowest BCUT2D eigenvalue weighted by Gasteiger charge is -2.33. The van der Waals surface area contributed by atoms with Gasteiger partial charge in [-0.1, -0.05) is 0 Å². The van der Waals surface area contributed by atoms with Crippen LogP contribution in [0.25, 0.3) is 0 Å². The fourth-order valence-corrected chi connectivity index (χ4v) is 2.97. The molecule has 2 rings (SSSR count). The second-order valence-electron chi connectivity index (χ2n) is 4.81. The van der Waals surface area contributed by atoms with Crippen molar-refractivity contribution < 1.29 is 12.8 Å². The minimum absolute atomic E-state index is 0.598. The lowest BCUT2D eigenvalue weighted by atomic mass is 10.3. The Kier molecular flexibility index (Phi) is 4.98. The average Bonchev–Trinajstić information content (AvgIpc) is 2.87. The molecule has 1 aliphatic rings. The maximum absolute atomic E-state index is 11.4. The second kappa shape index (κ2) is 6.51. The summed E-state index contributed by atoms with van der Waals surface area (Å²) < 4.78 is 29.3. The minimum Gasteiger partial charge on any atom is -0.472 e. The third kappa shape index (κ3) is 4.61. The molecule has 0 radical (unpaired) electrons. The highest BCUT2D eigenvalue weighted by Gasteiger charge is 2.22. The maximum atomic E-state index is 11.4. The number of nitrogens with zero attached hydrogens (tertiary/aromatic N) is 2. The summed E-state index contributed by atoms with van der Waals surface area (Å²) in [6.45, 7) is 5.45. The molecule has 1 N–H and O–H groups in total. The Labute approximate surface area is 114 Å². The van der Waals surface area contributed by atoms with Gasteiger partial charge in [0.15, 0.2) is 0 Å². The molecule has 1 aromatic heterocycles. The van der Waals surface area contributed by atoms with Crippen molar-refractivity contribution in [3.8, 4) is 0 Å². The Morgan fingerprint density at radius 3 is 2.63 bits per heavy atom. The van der Waals surface area contributed by atoms with Crippen LogP contribution in [-0.4, -0.2) is 63.1 Å². The standard InChI is InChI=1S/C12H21N3O3S/c1-19(16,17)15-7-5-14(6-8-15)4-3-13-10-12-2-9-18-11-12/h2,9,11,13H,3-8,10H2,1H3. The van der Waals surface area contributed by atoms with Gasteiger partial charge in [0.1, 0.15) is 0 Å². The molecular formula is C12H21N3O3S. The van der Waals surface area contributed by atoms with E-state index in [1.807, 2.05) is 6.07 Å². The van der Waals surface area contributed by atoms with Crippen LogP contribution in [0.15, 0.2) is 23.0 Å². The Hall–Kier alpha value is -0.890. The normalized spacial score (nSPS) is 18.8. The molecule has 1 saturated heterocycles. The Morgan fingerprint density at radius 1 is 1.32 bits per heavy atom. The van der Waals surface area contributed by atoms with Crippen LogP contribution in [0.1, 0.15) is 5.56 Å². The molecule has 108 valence electrons. The Bertz CT molecular complexity index is 464. The van der Waals surface area contributed by atoms with E-state index in [2.05, 4.69) is 10.2 Å². The number of rotatable bonds is 6. The van der Waals surface area contributed by atoms with Crippen molar-refractivity contribution in [1.29, 1.82) is 0 Å². The minimum atomic E-state index is -3.02. The van der Waals surface area contributed by atoms with E-state index in [0.29, 0.717) is 13.1 Å². The van der Waals surface area contributed by atoms with Crippen molar-refractivity contribution in [2.75, 3.05) is 45.5 Å². The number of sulfonamides is 1. The van der Waals surface area contributed by atoms with E-state index in [1.165, 1.54) is 6.26 Å². The Balaban J connectivity index is 1.61. The summed E-state index contributed by atoms with van der Waals surface area (Å²) in [7, 11) is -3.02. The summed E-state index contributed by atoms with van der Waals surface area (Å²) in [6, 6.07) is 1.94. The van der Waals surface area contributed by atoms with E-state index in [-0.39, 0.29) is 0 Å². The highest BCUT2D eigenvalue weighted by atomic mass is 32.2. The summed E-state index contributed by atoms with van der Waals surface area (Å²) in [6.07, 6.45) is 4.68. The average molecular weight is 287 g/mol. The molecular weight excluding hydrogens is 266 g/mol. The molecule has 1 aliphatic heterocycles. The number of hydrogen-bond acceptors (Lipinski definition) is 5. The molecule has 1 fully saturated rings. The van der Waals surface area contributed by atoms with E-state index in [9.17, 15) is 8.42 Å².